The summed E-state index contributed by atoms with van der Waals surface area (Å²) in [6.07, 6.45) is -0.551. The van der Waals surface area contributed by atoms with Gasteiger partial charge in [-0.2, -0.15) is 0 Å². The van der Waals surface area contributed by atoms with E-state index in [4.69, 9.17) is 30.5 Å². The van der Waals surface area contributed by atoms with Crippen molar-refractivity contribution in [1.82, 2.24) is 0 Å². The average Bonchev–Trinajstić information content (AvgIpc) is 2.25. The molecule has 0 aliphatic heterocycles. The van der Waals surface area contributed by atoms with Crippen molar-refractivity contribution in [3.63, 3.8) is 0 Å². The van der Waals surface area contributed by atoms with E-state index in [1.165, 1.54) is 0 Å². The number of rotatable bonds is 4. The summed E-state index contributed by atoms with van der Waals surface area (Å²) >= 11 is 6.95. The summed E-state index contributed by atoms with van der Waals surface area (Å²) in [6.45, 7) is 23.7. The third-order valence-corrected chi connectivity index (χ3v) is 3.31. The Bertz CT molecular complexity index is 512. The van der Waals surface area contributed by atoms with Crippen molar-refractivity contribution in [2.75, 3.05) is 0 Å². The van der Waals surface area contributed by atoms with E-state index in [0.717, 1.165) is 0 Å². The molecule has 0 aromatic rings. The van der Waals surface area contributed by atoms with Crippen LogP contribution in [0.25, 0.3) is 0 Å². The van der Waals surface area contributed by atoms with Crippen LogP contribution in [0, 0.1) is 0 Å². The highest BCUT2D eigenvalue weighted by Gasteiger charge is 2.63. The largest absolute Gasteiger partial charge is 0.486 e. The van der Waals surface area contributed by atoms with Gasteiger partial charge in [-0.15, -0.1) is 0 Å². The van der Waals surface area contributed by atoms with Crippen LogP contribution in [-0.2, 0) is 18.9 Å². The number of hydrogen-bond acceptors (Lipinski definition) is 4. The minimum Gasteiger partial charge on any atom is -0.486 e. The van der Waals surface area contributed by atoms with Crippen molar-refractivity contribution < 1.29 is 18.9 Å². The molecule has 0 N–H and O–H groups in total. The maximum Gasteiger partial charge on any atom is 0.236 e. The molecule has 0 fully saturated rings. The molecule has 1 rings (SSSR count). The molecule has 0 saturated heterocycles. The molecular formula is C20H37ClO4. The van der Waals surface area contributed by atoms with E-state index in [1.807, 2.05) is 83.1 Å². The first-order valence-corrected chi connectivity index (χ1v) is 9.31. The Morgan fingerprint density at radius 3 is 1.44 bits per heavy atom. The summed E-state index contributed by atoms with van der Waals surface area (Å²) in [7, 11) is 0. The van der Waals surface area contributed by atoms with Gasteiger partial charge in [-0.25, -0.2) is 0 Å². The maximum absolute atomic E-state index is 6.95. The molecule has 4 nitrogen and oxygen atoms in total. The standard InChI is InChI=1S/C20H37ClO4/c1-16(2,3)22-13-14(23-17(4,5)6)20(21,25-19(10,11)12)15(13)24-18(7,8)9/h14H,1-12H3/t14?,20-/m0/s1. The quantitative estimate of drug-likeness (QED) is 0.583. The van der Waals surface area contributed by atoms with Crippen molar-refractivity contribution in [2.24, 2.45) is 0 Å². The fraction of sp³-hybridized carbons (Fsp3) is 0.900. The van der Waals surface area contributed by atoms with Crippen LogP contribution in [-0.4, -0.2) is 33.6 Å². The third-order valence-electron chi connectivity index (χ3n) is 2.86. The van der Waals surface area contributed by atoms with E-state index < -0.39 is 33.6 Å². The molecule has 0 heterocycles. The molecule has 5 heteroatoms. The van der Waals surface area contributed by atoms with Gasteiger partial charge < -0.3 is 18.9 Å². The van der Waals surface area contributed by atoms with Crippen molar-refractivity contribution >= 4 is 11.6 Å². The van der Waals surface area contributed by atoms with Crippen molar-refractivity contribution in [2.45, 2.75) is 117 Å². The Labute approximate surface area is 159 Å². The van der Waals surface area contributed by atoms with Crippen molar-refractivity contribution in [1.29, 1.82) is 0 Å². The zero-order valence-electron chi connectivity index (χ0n) is 18.1. The Morgan fingerprint density at radius 2 is 1.12 bits per heavy atom. The van der Waals surface area contributed by atoms with Gasteiger partial charge in [-0.1, -0.05) is 11.6 Å². The van der Waals surface area contributed by atoms with E-state index in [9.17, 15) is 0 Å². The summed E-state index contributed by atoms with van der Waals surface area (Å²) in [5.74, 6) is 1.11. The van der Waals surface area contributed by atoms with Gasteiger partial charge in [0.15, 0.2) is 17.6 Å². The van der Waals surface area contributed by atoms with Gasteiger partial charge in [-0.05, 0) is 83.1 Å². The predicted octanol–water partition coefficient (Wildman–Crippen LogP) is 5.78. The van der Waals surface area contributed by atoms with E-state index in [2.05, 4.69) is 0 Å². The van der Waals surface area contributed by atoms with Crippen LogP contribution in [0.4, 0.5) is 0 Å². The van der Waals surface area contributed by atoms with Crippen LogP contribution in [0.2, 0.25) is 0 Å². The second kappa shape index (κ2) is 6.61. The molecule has 1 unspecified atom stereocenters. The van der Waals surface area contributed by atoms with Crippen LogP contribution in [0.1, 0.15) is 83.1 Å². The normalized spacial score (nSPS) is 25.7. The Kier molecular flexibility index (Phi) is 5.98. The Balaban J connectivity index is 3.41. The van der Waals surface area contributed by atoms with Gasteiger partial charge in [0.25, 0.3) is 0 Å². The fourth-order valence-corrected chi connectivity index (χ4v) is 2.89. The maximum atomic E-state index is 6.95. The highest BCUT2D eigenvalue weighted by atomic mass is 35.5. The summed E-state index contributed by atoms with van der Waals surface area (Å²) < 4.78 is 24.7. The molecule has 148 valence electrons. The van der Waals surface area contributed by atoms with E-state index >= 15 is 0 Å². The first-order chi connectivity index (χ1) is 10.7. The molecular weight excluding hydrogens is 340 g/mol. The molecule has 25 heavy (non-hydrogen) atoms. The summed E-state index contributed by atoms with van der Waals surface area (Å²) in [5, 5.41) is -1.22. The fourth-order valence-electron chi connectivity index (χ4n) is 2.38. The topological polar surface area (TPSA) is 36.9 Å². The minimum atomic E-state index is -1.22. The molecule has 0 bridgehead atoms. The molecule has 0 aromatic heterocycles. The highest BCUT2D eigenvalue weighted by molar-refractivity contribution is 6.26. The zero-order chi connectivity index (χ0) is 20.1. The monoisotopic (exact) mass is 376 g/mol. The molecule has 0 spiro atoms. The molecule has 2 atom stereocenters. The van der Waals surface area contributed by atoms with Gasteiger partial charge in [0, 0.05) is 0 Å². The number of hydrogen-bond donors (Lipinski definition) is 0. The van der Waals surface area contributed by atoms with Gasteiger partial charge in [0.1, 0.15) is 11.2 Å². The molecule has 0 radical (unpaired) electrons. The summed E-state index contributed by atoms with van der Waals surface area (Å²) in [6, 6.07) is 0. The second-order valence-corrected chi connectivity index (χ2v) is 11.2. The van der Waals surface area contributed by atoms with Crippen LogP contribution in [0.15, 0.2) is 11.5 Å². The lowest BCUT2D eigenvalue weighted by Crippen LogP contribution is -2.60. The Hall–Kier alpha value is -0.450. The minimum absolute atomic E-state index is 0.402. The van der Waals surface area contributed by atoms with Gasteiger partial charge in [0.2, 0.25) is 5.06 Å². The Morgan fingerprint density at radius 1 is 0.680 bits per heavy atom. The van der Waals surface area contributed by atoms with Crippen LogP contribution in [0.5, 0.6) is 0 Å². The second-order valence-electron chi connectivity index (χ2n) is 10.6. The third kappa shape index (κ3) is 6.65. The lowest BCUT2D eigenvalue weighted by atomic mass is 9.92. The summed E-state index contributed by atoms with van der Waals surface area (Å²) in [4.78, 5) is 0. The predicted molar refractivity (Wildman–Crippen MR) is 103 cm³/mol. The van der Waals surface area contributed by atoms with Crippen LogP contribution < -0.4 is 0 Å². The van der Waals surface area contributed by atoms with Crippen LogP contribution >= 0.6 is 11.6 Å². The lowest BCUT2D eigenvalue weighted by Gasteiger charge is -2.52. The summed E-state index contributed by atoms with van der Waals surface area (Å²) in [5.41, 5.74) is -1.72. The van der Waals surface area contributed by atoms with E-state index in [-0.39, 0.29) is 0 Å². The number of alkyl halides is 1. The number of halogens is 1. The van der Waals surface area contributed by atoms with Gasteiger partial charge in [0.05, 0.1) is 11.2 Å². The SMILES string of the molecule is CC(C)(C)OC1=C(OC(C)(C)C)[C@@](Cl)(OC(C)(C)C)C1OC(C)(C)C. The molecule has 1 aliphatic rings. The van der Waals surface area contributed by atoms with Crippen molar-refractivity contribution in [3.05, 3.63) is 11.5 Å². The van der Waals surface area contributed by atoms with Crippen LogP contribution in [0.3, 0.4) is 0 Å². The van der Waals surface area contributed by atoms with Gasteiger partial charge >= 0.3 is 0 Å². The molecule has 1 aliphatic carbocycles. The molecule has 0 aromatic carbocycles. The first-order valence-electron chi connectivity index (χ1n) is 8.93. The first kappa shape index (κ1) is 22.6. The lowest BCUT2D eigenvalue weighted by molar-refractivity contribution is -0.224. The van der Waals surface area contributed by atoms with E-state index in [1.54, 1.807) is 0 Å². The van der Waals surface area contributed by atoms with Gasteiger partial charge in [-0.3, -0.25) is 0 Å². The number of ether oxygens (including phenoxy) is 4. The molecule has 0 saturated carbocycles. The zero-order valence-corrected chi connectivity index (χ0v) is 18.8. The molecule has 0 amide bonds. The van der Waals surface area contributed by atoms with Crippen molar-refractivity contribution in [3.8, 4) is 0 Å². The average molecular weight is 377 g/mol. The smallest absolute Gasteiger partial charge is 0.236 e. The van der Waals surface area contributed by atoms with E-state index in [0.29, 0.717) is 11.5 Å². The highest BCUT2D eigenvalue weighted by Crippen LogP contribution is 2.53.